The minimum Gasteiger partial charge on any atom is -0.365 e. The Balaban J connectivity index is 2.42. The van der Waals surface area contributed by atoms with Crippen LogP contribution >= 0.6 is 11.3 Å². The molecular formula is C10H7N3OS. The lowest BCUT2D eigenvalue weighted by Crippen LogP contribution is -2.08. The quantitative estimate of drug-likeness (QED) is 0.673. The lowest BCUT2D eigenvalue weighted by molar-refractivity contribution is 0.100. The van der Waals surface area contributed by atoms with E-state index >= 15 is 0 Å². The molecule has 74 valence electrons. The summed E-state index contributed by atoms with van der Waals surface area (Å²) < 4.78 is 1.89. The number of imidazole rings is 1. The lowest BCUT2D eigenvalue weighted by Gasteiger charge is -1.88. The molecule has 15 heavy (non-hydrogen) atoms. The van der Waals surface area contributed by atoms with Crippen molar-refractivity contribution in [3.63, 3.8) is 0 Å². The predicted octanol–water partition coefficient (Wildman–Crippen LogP) is 1.65. The van der Waals surface area contributed by atoms with Gasteiger partial charge in [0.05, 0.1) is 11.0 Å². The Kier molecular flexibility index (Phi) is 1.58. The molecule has 2 N–H and O–H groups in total. The van der Waals surface area contributed by atoms with Crippen molar-refractivity contribution < 1.29 is 4.79 Å². The number of carbonyl (C=O) groups is 1. The van der Waals surface area contributed by atoms with Gasteiger partial charge in [0.25, 0.3) is 5.91 Å². The molecule has 4 nitrogen and oxygen atoms in total. The highest BCUT2D eigenvalue weighted by atomic mass is 32.1. The number of carbonyl (C=O) groups excluding carboxylic acids is 1. The number of fused-ring (bicyclic) bond motifs is 3. The Labute approximate surface area is 89.0 Å². The largest absolute Gasteiger partial charge is 0.365 e. The molecule has 3 rings (SSSR count). The third kappa shape index (κ3) is 1.13. The van der Waals surface area contributed by atoms with Crippen molar-refractivity contribution in [2.45, 2.75) is 0 Å². The zero-order chi connectivity index (χ0) is 10.4. The van der Waals surface area contributed by atoms with Gasteiger partial charge in [0.15, 0.2) is 4.96 Å². The van der Waals surface area contributed by atoms with Crippen LogP contribution in [0.15, 0.2) is 30.5 Å². The molecule has 0 atom stereocenters. The molecule has 0 aliphatic heterocycles. The third-order valence-electron chi connectivity index (χ3n) is 2.25. The van der Waals surface area contributed by atoms with Gasteiger partial charge < -0.3 is 5.73 Å². The molecule has 0 saturated carbocycles. The first-order valence-electron chi connectivity index (χ1n) is 4.42. The number of hydrogen-bond donors (Lipinski definition) is 1. The van der Waals surface area contributed by atoms with Crippen molar-refractivity contribution in [2.75, 3.05) is 0 Å². The summed E-state index contributed by atoms with van der Waals surface area (Å²) in [5.41, 5.74) is 7.14. The highest BCUT2D eigenvalue weighted by Gasteiger charge is 2.10. The number of rotatable bonds is 1. The first-order valence-corrected chi connectivity index (χ1v) is 5.24. The maximum Gasteiger partial charge on any atom is 0.260 e. The normalized spacial score (nSPS) is 11.2. The molecule has 0 spiro atoms. The summed E-state index contributed by atoms with van der Waals surface area (Å²) in [4.78, 5) is 16.7. The molecule has 0 fully saturated rings. The number of nitrogens with zero attached hydrogens (tertiary/aromatic N) is 2. The molecule has 2 heterocycles. The Bertz CT molecular complexity index is 667. The summed E-state index contributed by atoms with van der Waals surface area (Å²) in [5.74, 6) is -0.408. The van der Waals surface area contributed by atoms with E-state index in [1.165, 1.54) is 11.3 Å². The summed E-state index contributed by atoms with van der Waals surface area (Å²) in [7, 11) is 0. The lowest BCUT2D eigenvalue weighted by atomic mass is 10.3. The van der Waals surface area contributed by atoms with Gasteiger partial charge in [-0.05, 0) is 12.1 Å². The highest BCUT2D eigenvalue weighted by Crippen LogP contribution is 2.22. The van der Waals surface area contributed by atoms with Crippen molar-refractivity contribution in [3.8, 4) is 0 Å². The van der Waals surface area contributed by atoms with Crippen molar-refractivity contribution in [3.05, 3.63) is 35.3 Å². The fourth-order valence-electron chi connectivity index (χ4n) is 1.57. The van der Waals surface area contributed by atoms with Crippen LogP contribution in [-0.4, -0.2) is 15.3 Å². The summed E-state index contributed by atoms with van der Waals surface area (Å²) in [5, 5.41) is 0. The molecule has 3 aromatic rings. The predicted molar refractivity (Wildman–Crippen MR) is 59.1 cm³/mol. The summed E-state index contributed by atoms with van der Waals surface area (Å²) in [6.45, 7) is 0. The maximum absolute atomic E-state index is 11.0. The van der Waals surface area contributed by atoms with E-state index in [0.717, 1.165) is 16.0 Å². The highest BCUT2D eigenvalue weighted by molar-refractivity contribution is 7.18. The second kappa shape index (κ2) is 2.80. The number of aromatic nitrogens is 2. The van der Waals surface area contributed by atoms with E-state index < -0.39 is 5.91 Å². The SMILES string of the molecule is NC(=O)c1cn2c(nc3ccccc32)s1. The van der Waals surface area contributed by atoms with Crippen LogP contribution in [0.4, 0.5) is 0 Å². The van der Waals surface area contributed by atoms with Gasteiger partial charge in [0.1, 0.15) is 4.88 Å². The second-order valence-corrected chi connectivity index (χ2v) is 4.22. The monoisotopic (exact) mass is 217 g/mol. The number of benzene rings is 1. The zero-order valence-electron chi connectivity index (χ0n) is 7.68. The second-order valence-electron chi connectivity index (χ2n) is 3.21. The van der Waals surface area contributed by atoms with E-state index in [0.29, 0.717) is 4.88 Å². The fourth-order valence-corrected chi connectivity index (χ4v) is 2.42. The van der Waals surface area contributed by atoms with E-state index in [-0.39, 0.29) is 0 Å². The Morgan fingerprint density at radius 2 is 2.20 bits per heavy atom. The number of nitrogens with two attached hydrogens (primary N) is 1. The molecule has 1 aromatic carbocycles. The smallest absolute Gasteiger partial charge is 0.260 e. The summed E-state index contributed by atoms with van der Waals surface area (Å²) in [6, 6.07) is 7.79. The van der Waals surface area contributed by atoms with Crippen molar-refractivity contribution >= 4 is 33.2 Å². The third-order valence-corrected chi connectivity index (χ3v) is 3.25. The van der Waals surface area contributed by atoms with Crippen LogP contribution in [0.2, 0.25) is 0 Å². The van der Waals surface area contributed by atoms with Gasteiger partial charge in [-0.1, -0.05) is 23.5 Å². The molecule has 1 amide bonds. The molecule has 2 aromatic heterocycles. The molecule has 0 aliphatic carbocycles. The van der Waals surface area contributed by atoms with Gasteiger partial charge >= 0.3 is 0 Å². The molecular weight excluding hydrogens is 210 g/mol. The molecule has 0 unspecified atom stereocenters. The summed E-state index contributed by atoms with van der Waals surface area (Å²) >= 11 is 1.31. The van der Waals surface area contributed by atoms with Crippen LogP contribution < -0.4 is 5.73 Å². The van der Waals surface area contributed by atoms with Crippen LogP contribution in [0.5, 0.6) is 0 Å². The molecule has 0 aliphatic rings. The average molecular weight is 217 g/mol. The zero-order valence-corrected chi connectivity index (χ0v) is 8.49. The van der Waals surface area contributed by atoms with Gasteiger partial charge in [-0.25, -0.2) is 4.98 Å². The van der Waals surface area contributed by atoms with Gasteiger partial charge in [-0.2, -0.15) is 0 Å². The number of para-hydroxylation sites is 2. The van der Waals surface area contributed by atoms with Crippen LogP contribution in [0.3, 0.4) is 0 Å². The first kappa shape index (κ1) is 8.43. The van der Waals surface area contributed by atoms with Crippen molar-refractivity contribution in [1.82, 2.24) is 9.38 Å². The minimum atomic E-state index is -0.408. The van der Waals surface area contributed by atoms with E-state index in [4.69, 9.17) is 5.73 Å². The standard InChI is InChI=1S/C10H7N3OS/c11-9(14)8-5-13-7-4-2-1-3-6(7)12-10(13)15-8/h1-5H,(H2,11,14). The van der Waals surface area contributed by atoms with E-state index in [1.807, 2.05) is 28.7 Å². The summed E-state index contributed by atoms with van der Waals surface area (Å²) in [6.07, 6.45) is 1.73. The van der Waals surface area contributed by atoms with Crippen molar-refractivity contribution in [2.24, 2.45) is 5.73 Å². The van der Waals surface area contributed by atoms with Crippen LogP contribution in [0.1, 0.15) is 9.67 Å². The van der Waals surface area contributed by atoms with Gasteiger partial charge in [0, 0.05) is 6.20 Å². The van der Waals surface area contributed by atoms with E-state index in [2.05, 4.69) is 4.98 Å². The maximum atomic E-state index is 11.0. The van der Waals surface area contributed by atoms with Crippen molar-refractivity contribution in [1.29, 1.82) is 0 Å². The fraction of sp³-hybridized carbons (Fsp3) is 0. The van der Waals surface area contributed by atoms with Crippen LogP contribution in [-0.2, 0) is 0 Å². The number of amides is 1. The first-order chi connectivity index (χ1) is 7.25. The topological polar surface area (TPSA) is 60.4 Å². The Morgan fingerprint density at radius 3 is 3.00 bits per heavy atom. The molecule has 0 radical (unpaired) electrons. The molecule has 0 saturated heterocycles. The minimum absolute atomic E-state index is 0.408. The Morgan fingerprint density at radius 1 is 1.40 bits per heavy atom. The molecule has 5 heteroatoms. The number of primary amides is 1. The van der Waals surface area contributed by atoms with Gasteiger partial charge in [0.2, 0.25) is 0 Å². The van der Waals surface area contributed by atoms with Crippen LogP contribution in [0.25, 0.3) is 16.0 Å². The number of thiazole rings is 1. The Hall–Kier alpha value is -1.88. The van der Waals surface area contributed by atoms with E-state index in [1.54, 1.807) is 6.20 Å². The van der Waals surface area contributed by atoms with Gasteiger partial charge in [-0.15, -0.1) is 0 Å². The average Bonchev–Trinajstić information content (AvgIpc) is 2.73. The molecule has 0 bridgehead atoms. The van der Waals surface area contributed by atoms with Gasteiger partial charge in [-0.3, -0.25) is 9.20 Å². The number of hydrogen-bond acceptors (Lipinski definition) is 3. The van der Waals surface area contributed by atoms with E-state index in [9.17, 15) is 4.79 Å². The van der Waals surface area contributed by atoms with Crippen LogP contribution in [0, 0.1) is 0 Å².